The van der Waals surface area contributed by atoms with E-state index in [9.17, 15) is 14.7 Å². The van der Waals surface area contributed by atoms with Crippen molar-refractivity contribution in [1.29, 1.82) is 0 Å². The molecule has 0 aromatic carbocycles. The molecule has 0 saturated heterocycles. The van der Waals surface area contributed by atoms with Crippen molar-refractivity contribution in [1.82, 2.24) is 14.8 Å². The molecule has 1 aromatic rings. The fourth-order valence-corrected chi connectivity index (χ4v) is 3.96. The number of aliphatic carboxylic acids is 1. The number of aromatic nitrogens is 3. The summed E-state index contributed by atoms with van der Waals surface area (Å²) in [6, 6.07) is 0.246. The highest BCUT2D eigenvalue weighted by Crippen LogP contribution is 2.39. The molecule has 2 aliphatic carbocycles. The SMILES string of the molecule is O=C(O)C1CCC(O)(CSc2n[nH]c(=O)n2C2CC2)CC1. The molecule has 2 saturated carbocycles. The molecule has 7 nitrogen and oxygen atoms in total. The largest absolute Gasteiger partial charge is 0.481 e. The number of aliphatic hydroxyl groups is 1. The first kappa shape index (κ1) is 14.6. The van der Waals surface area contributed by atoms with E-state index in [1.165, 1.54) is 11.8 Å². The number of carbonyl (C=O) groups is 1. The second kappa shape index (κ2) is 5.49. The molecular weight excluding hydrogens is 294 g/mol. The number of nitrogens with zero attached hydrogens (tertiary/aromatic N) is 2. The molecule has 3 rings (SSSR count). The lowest BCUT2D eigenvalue weighted by atomic mass is 9.80. The summed E-state index contributed by atoms with van der Waals surface area (Å²) in [6.45, 7) is 0. The van der Waals surface area contributed by atoms with Crippen molar-refractivity contribution in [3.05, 3.63) is 10.5 Å². The average Bonchev–Trinajstić information content (AvgIpc) is 3.21. The van der Waals surface area contributed by atoms with Crippen molar-refractivity contribution in [2.24, 2.45) is 5.92 Å². The summed E-state index contributed by atoms with van der Waals surface area (Å²) < 4.78 is 1.66. The molecule has 0 unspecified atom stereocenters. The maximum absolute atomic E-state index is 11.7. The smallest absolute Gasteiger partial charge is 0.344 e. The lowest BCUT2D eigenvalue weighted by Crippen LogP contribution is -2.38. The molecule has 2 aliphatic rings. The molecule has 116 valence electrons. The van der Waals surface area contributed by atoms with Crippen molar-refractivity contribution in [2.45, 2.75) is 55.3 Å². The summed E-state index contributed by atoms with van der Waals surface area (Å²) in [4.78, 5) is 22.6. The first-order valence-electron chi connectivity index (χ1n) is 7.23. The molecule has 3 N–H and O–H groups in total. The second-order valence-electron chi connectivity index (χ2n) is 6.04. The van der Waals surface area contributed by atoms with Crippen LogP contribution in [0, 0.1) is 5.92 Å². The van der Waals surface area contributed by atoms with Crippen LogP contribution in [0.2, 0.25) is 0 Å². The molecule has 0 radical (unpaired) electrons. The standard InChI is InChI=1S/C13H19N3O4S/c17-10(18)8-3-5-13(20,6-4-8)7-21-12-15-14-11(19)16(12)9-1-2-9/h8-9,20H,1-7H2,(H,14,19)(H,17,18). The van der Waals surface area contributed by atoms with E-state index in [-0.39, 0.29) is 17.6 Å². The van der Waals surface area contributed by atoms with Crippen LogP contribution in [0.3, 0.4) is 0 Å². The van der Waals surface area contributed by atoms with Gasteiger partial charge in [-0.1, -0.05) is 11.8 Å². The normalized spacial score (nSPS) is 29.5. The van der Waals surface area contributed by atoms with Gasteiger partial charge in [-0.3, -0.25) is 9.36 Å². The van der Waals surface area contributed by atoms with Crippen molar-refractivity contribution < 1.29 is 15.0 Å². The number of hydrogen-bond acceptors (Lipinski definition) is 5. The Labute approximate surface area is 125 Å². The fourth-order valence-electron chi connectivity index (χ4n) is 2.79. The monoisotopic (exact) mass is 313 g/mol. The van der Waals surface area contributed by atoms with Gasteiger partial charge < -0.3 is 10.2 Å². The number of aromatic amines is 1. The van der Waals surface area contributed by atoms with Crippen LogP contribution in [0.5, 0.6) is 0 Å². The zero-order valence-corrected chi connectivity index (χ0v) is 12.4. The first-order valence-corrected chi connectivity index (χ1v) is 8.22. The average molecular weight is 313 g/mol. The summed E-state index contributed by atoms with van der Waals surface area (Å²) in [5.74, 6) is -0.680. The van der Waals surface area contributed by atoms with Gasteiger partial charge in [-0.05, 0) is 38.5 Å². The van der Waals surface area contributed by atoms with Gasteiger partial charge in [-0.2, -0.15) is 0 Å². The third-order valence-corrected chi connectivity index (χ3v) is 5.55. The minimum absolute atomic E-state index is 0.193. The Kier molecular flexibility index (Phi) is 3.83. The zero-order chi connectivity index (χ0) is 15.0. The van der Waals surface area contributed by atoms with Gasteiger partial charge >= 0.3 is 11.7 Å². The van der Waals surface area contributed by atoms with E-state index in [2.05, 4.69) is 10.2 Å². The summed E-state index contributed by atoms with van der Waals surface area (Å²) in [6.07, 6.45) is 3.96. The van der Waals surface area contributed by atoms with Gasteiger partial charge in [0.2, 0.25) is 0 Å². The second-order valence-corrected chi connectivity index (χ2v) is 6.98. The quantitative estimate of drug-likeness (QED) is 0.700. The Hall–Kier alpha value is -1.28. The highest BCUT2D eigenvalue weighted by Gasteiger charge is 2.37. The van der Waals surface area contributed by atoms with Gasteiger partial charge in [-0.25, -0.2) is 9.89 Å². The molecule has 0 bridgehead atoms. The maximum atomic E-state index is 11.7. The van der Waals surface area contributed by atoms with E-state index in [1.54, 1.807) is 4.57 Å². The van der Waals surface area contributed by atoms with E-state index in [0.717, 1.165) is 12.8 Å². The molecule has 2 fully saturated rings. The topological polar surface area (TPSA) is 108 Å². The Morgan fingerprint density at radius 1 is 1.38 bits per heavy atom. The molecule has 1 heterocycles. The Balaban J connectivity index is 1.60. The first-order chi connectivity index (χ1) is 9.98. The molecule has 0 atom stereocenters. The number of H-pyrrole nitrogens is 1. The van der Waals surface area contributed by atoms with Gasteiger partial charge in [-0.15, -0.1) is 5.10 Å². The Morgan fingerprint density at radius 2 is 2.05 bits per heavy atom. The minimum atomic E-state index is -0.861. The van der Waals surface area contributed by atoms with Crippen molar-refractivity contribution in [3.8, 4) is 0 Å². The van der Waals surface area contributed by atoms with Gasteiger partial charge in [0.25, 0.3) is 0 Å². The maximum Gasteiger partial charge on any atom is 0.344 e. The van der Waals surface area contributed by atoms with Crippen LogP contribution in [0.15, 0.2) is 9.95 Å². The lowest BCUT2D eigenvalue weighted by Gasteiger charge is -2.34. The highest BCUT2D eigenvalue weighted by molar-refractivity contribution is 7.99. The summed E-state index contributed by atoms with van der Waals surface area (Å²) in [5, 5.41) is 26.6. The molecule has 0 amide bonds. The van der Waals surface area contributed by atoms with Gasteiger partial charge in [0.1, 0.15) is 0 Å². The van der Waals surface area contributed by atoms with Crippen molar-refractivity contribution in [3.63, 3.8) is 0 Å². The van der Waals surface area contributed by atoms with E-state index in [1.807, 2.05) is 0 Å². The number of thioether (sulfide) groups is 1. The minimum Gasteiger partial charge on any atom is -0.481 e. The van der Waals surface area contributed by atoms with Crippen LogP contribution in [0.25, 0.3) is 0 Å². The van der Waals surface area contributed by atoms with E-state index < -0.39 is 11.6 Å². The molecule has 0 spiro atoms. The predicted octanol–water partition coefficient (Wildman–Crippen LogP) is 1.00. The van der Waals surface area contributed by atoms with E-state index in [0.29, 0.717) is 36.6 Å². The third kappa shape index (κ3) is 3.16. The van der Waals surface area contributed by atoms with Gasteiger partial charge in [0.15, 0.2) is 5.16 Å². The van der Waals surface area contributed by atoms with Crippen LogP contribution >= 0.6 is 11.8 Å². The molecule has 1 aromatic heterocycles. The lowest BCUT2D eigenvalue weighted by molar-refractivity contribution is -0.144. The van der Waals surface area contributed by atoms with Gasteiger partial charge in [0.05, 0.1) is 11.5 Å². The van der Waals surface area contributed by atoms with Crippen molar-refractivity contribution >= 4 is 17.7 Å². The summed E-state index contributed by atoms with van der Waals surface area (Å²) >= 11 is 1.37. The summed E-state index contributed by atoms with van der Waals surface area (Å²) in [7, 11) is 0. The van der Waals surface area contributed by atoms with E-state index in [4.69, 9.17) is 5.11 Å². The van der Waals surface area contributed by atoms with Crippen LogP contribution in [0.1, 0.15) is 44.6 Å². The zero-order valence-electron chi connectivity index (χ0n) is 11.6. The molecule has 0 aliphatic heterocycles. The molecule has 8 heteroatoms. The molecular formula is C13H19N3O4S. The number of carboxylic acids is 1. The fraction of sp³-hybridized carbons (Fsp3) is 0.769. The number of rotatable bonds is 5. The Morgan fingerprint density at radius 3 is 2.62 bits per heavy atom. The van der Waals surface area contributed by atoms with E-state index >= 15 is 0 Å². The predicted molar refractivity (Wildman–Crippen MR) is 76.4 cm³/mol. The van der Waals surface area contributed by atoms with Crippen LogP contribution in [-0.2, 0) is 4.79 Å². The number of carboxylic acid groups (broad SMARTS) is 1. The van der Waals surface area contributed by atoms with Crippen LogP contribution in [0.4, 0.5) is 0 Å². The van der Waals surface area contributed by atoms with Gasteiger partial charge in [0, 0.05) is 11.8 Å². The van der Waals surface area contributed by atoms with Crippen molar-refractivity contribution in [2.75, 3.05) is 5.75 Å². The highest BCUT2D eigenvalue weighted by atomic mass is 32.2. The third-order valence-electron chi connectivity index (χ3n) is 4.32. The number of nitrogens with one attached hydrogen (secondary N) is 1. The molecule has 21 heavy (non-hydrogen) atoms. The van der Waals surface area contributed by atoms with Crippen LogP contribution in [-0.4, -0.2) is 42.3 Å². The summed E-state index contributed by atoms with van der Waals surface area (Å²) in [5.41, 5.74) is -1.05. The van der Waals surface area contributed by atoms with Crippen LogP contribution < -0.4 is 5.69 Å². The Bertz CT molecular complexity index is 584. The number of hydrogen-bond donors (Lipinski definition) is 3.